The number of hydrogen-bond donors (Lipinski definition) is 1. The molecule has 1 N–H and O–H groups in total. The van der Waals surface area contributed by atoms with Crippen molar-refractivity contribution in [2.24, 2.45) is 5.92 Å². The van der Waals surface area contributed by atoms with Gasteiger partial charge < -0.3 is 5.32 Å². The summed E-state index contributed by atoms with van der Waals surface area (Å²) in [4.78, 5) is 15.0. The molecule has 0 saturated heterocycles. The first-order chi connectivity index (χ1) is 10.5. The van der Waals surface area contributed by atoms with Crippen molar-refractivity contribution in [3.8, 4) is 0 Å². The van der Waals surface area contributed by atoms with E-state index in [0.29, 0.717) is 0 Å². The molecule has 1 amide bonds. The molecule has 1 aliphatic carbocycles. The largest absolute Gasteiger partial charge is 0.349 e. The monoisotopic (exact) mass is 333 g/mol. The molecule has 116 valence electrons. The van der Waals surface area contributed by atoms with Crippen LogP contribution in [0, 0.1) is 19.8 Å². The smallest absolute Gasteiger partial charge is 0.224 e. The molecule has 0 aliphatic heterocycles. The highest BCUT2D eigenvalue weighted by Crippen LogP contribution is 2.49. The fraction of sp³-hybridized carbons (Fsp3) is 0.389. The summed E-state index contributed by atoms with van der Waals surface area (Å²) in [5.74, 6) is 0.467. The lowest BCUT2D eigenvalue weighted by atomic mass is 10.1. The van der Waals surface area contributed by atoms with Crippen LogP contribution < -0.4 is 5.32 Å². The Kier molecular flexibility index (Phi) is 4.28. The van der Waals surface area contributed by atoms with Gasteiger partial charge in [0.2, 0.25) is 5.91 Å². The van der Waals surface area contributed by atoms with Gasteiger partial charge in [0.15, 0.2) is 0 Å². The zero-order valence-corrected chi connectivity index (χ0v) is 14.6. The molecule has 2 aromatic rings. The van der Waals surface area contributed by atoms with E-state index in [-0.39, 0.29) is 23.8 Å². The molecule has 3 unspecified atom stereocenters. The van der Waals surface area contributed by atoms with Gasteiger partial charge in [-0.25, -0.2) is 0 Å². The van der Waals surface area contributed by atoms with Crippen molar-refractivity contribution >= 4 is 28.8 Å². The molecular weight excluding hydrogens is 314 g/mol. The van der Waals surface area contributed by atoms with Crippen molar-refractivity contribution in [1.29, 1.82) is 0 Å². The van der Waals surface area contributed by atoms with Crippen LogP contribution in [0.15, 0.2) is 30.3 Å². The van der Waals surface area contributed by atoms with Crippen molar-refractivity contribution in [3.63, 3.8) is 0 Å². The molecule has 1 heterocycles. The van der Waals surface area contributed by atoms with Gasteiger partial charge in [-0.15, -0.1) is 11.3 Å². The summed E-state index contributed by atoms with van der Waals surface area (Å²) in [6.45, 7) is 6.27. The zero-order valence-electron chi connectivity index (χ0n) is 13.0. The molecule has 3 atom stereocenters. The Balaban J connectivity index is 1.64. The molecular formula is C18H20ClNOS. The van der Waals surface area contributed by atoms with Gasteiger partial charge >= 0.3 is 0 Å². The predicted octanol–water partition coefficient (Wildman–Crippen LogP) is 5.00. The number of thiophene rings is 1. The van der Waals surface area contributed by atoms with Gasteiger partial charge in [-0.2, -0.15) is 0 Å². The fourth-order valence-corrected chi connectivity index (χ4v) is 4.38. The first kappa shape index (κ1) is 15.6. The van der Waals surface area contributed by atoms with Gasteiger partial charge in [0, 0.05) is 20.7 Å². The molecule has 0 spiro atoms. The fourth-order valence-electron chi connectivity index (χ4n) is 3.08. The van der Waals surface area contributed by atoms with Crippen LogP contribution in [0.2, 0.25) is 5.02 Å². The second kappa shape index (κ2) is 6.05. The van der Waals surface area contributed by atoms with Crippen molar-refractivity contribution in [1.82, 2.24) is 5.32 Å². The van der Waals surface area contributed by atoms with E-state index < -0.39 is 0 Å². The molecule has 3 rings (SSSR count). The first-order valence-electron chi connectivity index (χ1n) is 7.59. The minimum Gasteiger partial charge on any atom is -0.349 e. The van der Waals surface area contributed by atoms with Crippen LogP contribution in [0.1, 0.15) is 46.2 Å². The second-order valence-corrected chi connectivity index (χ2v) is 7.94. The van der Waals surface area contributed by atoms with Gasteiger partial charge in [-0.3, -0.25) is 4.79 Å². The summed E-state index contributed by atoms with van der Waals surface area (Å²) >= 11 is 8.00. The van der Waals surface area contributed by atoms with Gasteiger partial charge in [0.1, 0.15) is 0 Å². The van der Waals surface area contributed by atoms with Crippen LogP contribution in [0.4, 0.5) is 0 Å². The normalized spacial score (nSPS) is 21.5. The average Bonchev–Trinajstić information content (AvgIpc) is 3.18. The summed E-state index contributed by atoms with van der Waals surface area (Å²) in [6, 6.07) is 10.1. The molecule has 1 saturated carbocycles. The SMILES string of the molecule is Cc1cc(C(C)NC(=O)C2CC2c2ccccc2Cl)c(C)s1. The van der Waals surface area contributed by atoms with Crippen LogP contribution >= 0.6 is 22.9 Å². The number of carbonyl (C=O) groups is 1. The summed E-state index contributed by atoms with van der Waals surface area (Å²) in [5.41, 5.74) is 2.32. The van der Waals surface area contributed by atoms with E-state index in [1.54, 1.807) is 11.3 Å². The molecule has 1 aromatic heterocycles. The Hall–Kier alpha value is -1.32. The molecule has 0 radical (unpaired) electrons. The lowest BCUT2D eigenvalue weighted by molar-refractivity contribution is -0.123. The Morgan fingerprint density at radius 2 is 2.09 bits per heavy atom. The average molecular weight is 334 g/mol. The molecule has 1 fully saturated rings. The molecule has 4 heteroatoms. The number of nitrogens with one attached hydrogen (secondary N) is 1. The molecule has 0 bridgehead atoms. The van der Waals surface area contributed by atoms with E-state index in [1.165, 1.54) is 15.3 Å². The quantitative estimate of drug-likeness (QED) is 0.838. The summed E-state index contributed by atoms with van der Waals surface area (Å²) < 4.78 is 0. The predicted molar refractivity (Wildman–Crippen MR) is 92.7 cm³/mol. The van der Waals surface area contributed by atoms with Crippen molar-refractivity contribution in [3.05, 3.63) is 56.2 Å². The Bertz CT molecular complexity index is 709. The highest BCUT2D eigenvalue weighted by Gasteiger charge is 2.45. The van der Waals surface area contributed by atoms with Gasteiger partial charge in [-0.1, -0.05) is 29.8 Å². The number of halogens is 1. The third-order valence-corrected chi connectivity index (χ3v) is 5.66. The summed E-state index contributed by atoms with van der Waals surface area (Å²) in [5, 5.41) is 3.92. The number of rotatable bonds is 4. The maximum Gasteiger partial charge on any atom is 0.224 e. The molecule has 22 heavy (non-hydrogen) atoms. The maximum atomic E-state index is 12.5. The number of aryl methyl sites for hydroxylation is 2. The Morgan fingerprint density at radius 1 is 1.36 bits per heavy atom. The Labute approximate surface area is 140 Å². The van der Waals surface area contributed by atoms with Crippen molar-refractivity contribution in [2.75, 3.05) is 0 Å². The van der Waals surface area contributed by atoms with Gasteiger partial charge in [0.05, 0.1) is 6.04 Å². The van der Waals surface area contributed by atoms with Gasteiger partial charge in [-0.05, 0) is 56.4 Å². The Morgan fingerprint density at radius 3 is 2.73 bits per heavy atom. The maximum absolute atomic E-state index is 12.5. The van der Waals surface area contributed by atoms with Crippen LogP contribution in [0.25, 0.3) is 0 Å². The third-order valence-electron chi connectivity index (χ3n) is 4.34. The molecule has 2 nitrogen and oxygen atoms in total. The van der Waals surface area contributed by atoms with Crippen molar-refractivity contribution in [2.45, 2.75) is 39.2 Å². The third kappa shape index (κ3) is 3.06. The first-order valence-corrected chi connectivity index (χ1v) is 8.78. The number of benzene rings is 1. The minimum atomic E-state index is 0.0578. The topological polar surface area (TPSA) is 29.1 Å². The van der Waals surface area contributed by atoms with E-state index in [1.807, 2.05) is 24.3 Å². The van der Waals surface area contributed by atoms with Crippen LogP contribution in [0.5, 0.6) is 0 Å². The molecule has 1 aliphatic rings. The van der Waals surface area contributed by atoms with E-state index in [9.17, 15) is 4.79 Å². The van der Waals surface area contributed by atoms with Gasteiger partial charge in [0.25, 0.3) is 0 Å². The van der Waals surface area contributed by atoms with E-state index in [2.05, 4.69) is 32.2 Å². The standard InChI is InChI=1S/C18H20ClNOS/c1-10-8-14(12(3)22-10)11(2)20-18(21)16-9-15(16)13-6-4-5-7-17(13)19/h4-8,11,15-16H,9H2,1-3H3,(H,20,21). The van der Waals surface area contributed by atoms with Crippen LogP contribution in [-0.4, -0.2) is 5.91 Å². The van der Waals surface area contributed by atoms with Crippen molar-refractivity contribution < 1.29 is 4.79 Å². The van der Waals surface area contributed by atoms with E-state index in [0.717, 1.165) is 17.0 Å². The van der Waals surface area contributed by atoms with E-state index >= 15 is 0 Å². The zero-order chi connectivity index (χ0) is 15.9. The van der Waals surface area contributed by atoms with Crippen LogP contribution in [-0.2, 0) is 4.79 Å². The van der Waals surface area contributed by atoms with Crippen LogP contribution in [0.3, 0.4) is 0 Å². The molecule has 1 aromatic carbocycles. The number of carbonyl (C=O) groups excluding carboxylic acids is 1. The summed E-state index contributed by atoms with van der Waals surface area (Å²) in [6.07, 6.45) is 0.893. The second-order valence-electron chi connectivity index (χ2n) is 6.07. The van der Waals surface area contributed by atoms with E-state index in [4.69, 9.17) is 11.6 Å². The lowest BCUT2D eigenvalue weighted by Gasteiger charge is -2.14. The summed E-state index contributed by atoms with van der Waals surface area (Å²) in [7, 11) is 0. The number of hydrogen-bond acceptors (Lipinski definition) is 2. The minimum absolute atomic E-state index is 0.0578. The lowest BCUT2D eigenvalue weighted by Crippen LogP contribution is -2.28. The number of amides is 1. The highest BCUT2D eigenvalue weighted by molar-refractivity contribution is 7.12. The highest BCUT2D eigenvalue weighted by atomic mass is 35.5.